The van der Waals surface area contributed by atoms with Crippen molar-refractivity contribution in [2.24, 2.45) is 0 Å². The Morgan fingerprint density at radius 2 is 2.05 bits per heavy atom. The monoisotopic (exact) mass is 272 g/mol. The highest BCUT2D eigenvalue weighted by Gasteiger charge is 2.29. The predicted molar refractivity (Wildman–Crippen MR) is 80.8 cm³/mol. The van der Waals surface area contributed by atoms with E-state index in [1.54, 1.807) is 11.3 Å². The molecule has 1 aromatic carbocycles. The second kappa shape index (κ2) is 5.85. The van der Waals surface area contributed by atoms with Crippen LogP contribution < -0.4 is 5.32 Å². The predicted octanol–water partition coefficient (Wildman–Crippen LogP) is 3.53. The number of hydrogen-bond acceptors (Lipinski definition) is 3. The first-order valence-electron chi connectivity index (χ1n) is 7.00. The maximum atomic E-state index is 4.49. The number of rotatable bonds is 5. The van der Waals surface area contributed by atoms with Crippen molar-refractivity contribution in [1.29, 1.82) is 0 Å². The molecule has 1 heterocycles. The molecule has 0 spiro atoms. The largest absolute Gasteiger partial charge is 0.314 e. The van der Waals surface area contributed by atoms with Crippen molar-refractivity contribution in [3.05, 3.63) is 52.0 Å². The standard InChI is InChI=1S/C16H20N2S/c1-12-11-19-16(18-12)7-8-17-15-9-14(10-15)13-5-3-2-4-6-13/h2-6,11,14-15,17H,7-10H2,1H3. The number of nitrogens with one attached hydrogen (secondary N) is 1. The molecular weight excluding hydrogens is 252 g/mol. The summed E-state index contributed by atoms with van der Waals surface area (Å²) in [7, 11) is 0. The number of aromatic nitrogens is 1. The van der Waals surface area contributed by atoms with Gasteiger partial charge in [0.2, 0.25) is 0 Å². The van der Waals surface area contributed by atoms with Crippen LogP contribution in [0.2, 0.25) is 0 Å². The minimum absolute atomic E-state index is 0.700. The maximum absolute atomic E-state index is 4.49. The lowest BCUT2D eigenvalue weighted by Crippen LogP contribution is -2.40. The second-order valence-electron chi connectivity index (χ2n) is 5.36. The summed E-state index contributed by atoms with van der Waals surface area (Å²) in [6, 6.07) is 11.6. The number of aryl methyl sites for hydroxylation is 1. The van der Waals surface area contributed by atoms with E-state index in [1.807, 2.05) is 0 Å². The van der Waals surface area contributed by atoms with Gasteiger partial charge in [-0.3, -0.25) is 0 Å². The molecule has 1 saturated carbocycles. The molecule has 2 nitrogen and oxygen atoms in total. The van der Waals surface area contributed by atoms with Gasteiger partial charge in [-0.15, -0.1) is 11.3 Å². The summed E-state index contributed by atoms with van der Waals surface area (Å²) in [6.07, 6.45) is 3.62. The zero-order chi connectivity index (χ0) is 13.1. The van der Waals surface area contributed by atoms with E-state index >= 15 is 0 Å². The van der Waals surface area contributed by atoms with Crippen molar-refractivity contribution in [1.82, 2.24) is 10.3 Å². The molecule has 1 aliphatic carbocycles. The summed E-state index contributed by atoms with van der Waals surface area (Å²) in [4.78, 5) is 4.49. The average Bonchev–Trinajstić information content (AvgIpc) is 2.79. The minimum Gasteiger partial charge on any atom is -0.314 e. The van der Waals surface area contributed by atoms with Gasteiger partial charge in [0.1, 0.15) is 0 Å². The highest BCUT2D eigenvalue weighted by atomic mass is 32.1. The summed E-state index contributed by atoms with van der Waals surface area (Å²) in [5.74, 6) is 0.765. The van der Waals surface area contributed by atoms with Crippen LogP contribution in [0.4, 0.5) is 0 Å². The van der Waals surface area contributed by atoms with Gasteiger partial charge in [-0.1, -0.05) is 30.3 Å². The van der Waals surface area contributed by atoms with Gasteiger partial charge in [-0.25, -0.2) is 4.98 Å². The summed E-state index contributed by atoms with van der Waals surface area (Å²) in [5.41, 5.74) is 2.64. The topological polar surface area (TPSA) is 24.9 Å². The van der Waals surface area contributed by atoms with Gasteiger partial charge in [-0.2, -0.15) is 0 Å². The molecule has 0 atom stereocenters. The van der Waals surface area contributed by atoms with Crippen molar-refractivity contribution >= 4 is 11.3 Å². The van der Waals surface area contributed by atoms with Crippen LogP contribution in [0.3, 0.4) is 0 Å². The van der Waals surface area contributed by atoms with Gasteiger partial charge in [0, 0.05) is 30.1 Å². The Balaban J connectivity index is 1.38. The number of hydrogen-bond donors (Lipinski definition) is 1. The van der Waals surface area contributed by atoms with Crippen LogP contribution in [0.25, 0.3) is 0 Å². The van der Waals surface area contributed by atoms with E-state index < -0.39 is 0 Å². The molecule has 0 aliphatic heterocycles. The fourth-order valence-electron chi connectivity index (χ4n) is 2.68. The molecule has 0 saturated heterocycles. The molecular formula is C16H20N2S. The quantitative estimate of drug-likeness (QED) is 0.900. The van der Waals surface area contributed by atoms with E-state index in [-0.39, 0.29) is 0 Å². The summed E-state index contributed by atoms with van der Waals surface area (Å²) in [6.45, 7) is 3.11. The fraction of sp³-hybridized carbons (Fsp3) is 0.438. The first-order chi connectivity index (χ1) is 9.31. The van der Waals surface area contributed by atoms with E-state index in [1.165, 1.54) is 23.4 Å². The Morgan fingerprint density at radius 1 is 1.26 bits per heavy atom. The van der Waals surface area contributed by atoms with Gasteiger partial charge >= 0.3 is 0 Å². The summed E-state index contributed by atoms with van der Waals surface area (Å²) >= 11 is 1.77. The van der Waals surface area contributed by atoms with Crippen LogP contribution in [0.5, 0.6) is 0 Å². The van der Waals surface area contributed by atoms with E-state index in [2.05, 4.69) is 52.9 Å². The van der Waals surface area contributed by atoms with Gasteiger partial charge < -0.3 is 5.32 Å². The van der Waals surface area contributed by atoms with Crippen molar-refractivity contribution in [3.8, 4) is 0 Å². The van der Waals surface area contributed by atoms with Crippen LogP contribution in [-0.2, 0) is 6.42 Å². The van der Waals surface area contributed by atoms with Crippen molar-refractivity contribution in [3.63, 3.8) is 0 Å². The number of benzene rings is 1. The first kappa shape index (κ1) is 12.8. The van der Waals surface area contributed by atoms with Crippen LogP contribution in [0.1, 0.15) is 35.0 Å². The molecule has 1 fully saturated rings. The Hall–Kier alpha value is -1.19. The third-order valence-electron chi connectivity index (χ3n) is 3.85. The van der Waals surface area contributed by atoms with Gasteiger partial charge in [0.15, 0.2) is 0 Å². The lowest BCUT2D eigenvalue weighted by molar-refractivity contribution is 0.293. The number of thiazole rings is 1. The van der Waals surface area contributed by atoms with Crippen LogP contribution in [-0.4, -0.2) is 17.6 Å². The van der Waals surface area contributed by atoms with Gasteiger partial charge in [0.05, 0.1) is 5.01 Å². The van der Waals surface area contributed by atoms with Crippen molar-refractivity contribution in [2.45, 2.75) is 38.1 Å². The molecule has 3 heteroatoms. The van der Waals surface area contributed by atoms with Gasteiger partial charge in [-0.05, 0) is 31.2 Å². The van der Waals surface area contributed by atoms with Crippen LogP contribution in [0, 0.1) is 6.92 Å². The lowest BCUT2D eigenvalue weighted by atomic mass is 9.76. The zero-order valence-corrected chi connectivity index (χ0v) is 12.1. The van der Waals surface area contributed by atoms with Crippen LogP contribution >= 0.6 is 11.3 Å². The van der Waals surface area contributed by atoms with E-state index in [9.17, 15) is 0 Å². The Bertz CT molecular complexity index is 515. The second-order valence-corrected chi connectivity index (χ2v) is 6.31. The molecule has 0 amide bonds. The molecule has 19 heavy (non-hydrogen) atoms. The van der Waals surface area contributed by atoms with E-state index in [0.29, 0.717) is 6.04 Å². The van der Waals surface area contributed by atoms with E-state index in [4.69, 9.17) is 0 Å². The highest BCUT2D eigenvalue weighted by molar-refractivity contribution is 7.09. The molecule has 1 aromatic heterocycles. The molecule has 0 unspecified atom stereocenters. The Labute approximate surface area is 118 Å². The fourth-order valence-corrected chi connectivity index (χ4v) is 3.46. The molecule has 2 aromatic rings. The van der Waals surface area contributed by atoms with E-state index in [0.717, 1.165) is 24.6 Å². The van der Waals surface area contributed by atoms with Crippen molar-refractivity contribution < 1.29 is 0 Å². The minimum atomic E-state index is 0.700. The summed E-state index contributed by atoms with van der Waals surface area (Å²) in [5, 5.41) is 7.03. The SMILES string of the molecule is Cc1csc(CCNC2CC(c3ccccc3)C2)n1. The third-order valence-corrected chi connectivity index (χ3v) is 4.87. The lowest BCUT2D eigenvalue weighted by Gasteiger charge is -2.36. The highest BCUT2D eigenvalue weighted by Crippen LogP contribution is 2.36. The molecule has 1 aliphatic rings. The number of nitrogens with zero attached hydrogens (tertiary/aromatic N) is 1. The van der Waals surface area contributed by atoms with Gasteiger partial charge in [0.25, 0.3) is 0 Å². The molecule has 3 rings (SSSR count). The maximum Gasteiger partial charge on any atom is 0.0940 e. The normalized spacial score (nSPS) is 22.2. The molecule has 1 N–H and O–H groups in total. The zero-order valence-electron chi connectivity index (χ0n) is 11.3. The Kier molecular flexibility index (Phi) is 3.95. The molecule has 0 bridgehead atoms. The van der Waals surface area contributed by atoms with Crippen LogP contribution in [0.15, 0.2) is 35.7 Å². The third kappa shape index (κ3) is 3.23. The average molecular weight is 272 g/mol. The smallest absolute Gasteiger partial charge is 0.0940 e. The molecule has 0 radical (unpaired) electrons. The Morgan fingerprint density at radius 3 is 2.74 bits per heavy atom. The molecule has 100 valence electrons. The summed E-state index contributed by atoms with van der Waals surface area (Å²) < 4.78 is 0. The van der Waals surface area contributed by atoms with Crippen molar-refractivity contribution in [2.75, 3.05) is 6.54 Å². The first-order valence-corrected chi connectivity index (χ1v) is 7.88.